The number of hydrogen-bond acceptors (Lipinski definition) is 3. The van der Waals surface area contributed by atoms with Gasteiger partial charge in [-0.3, -0.25) is 14.3 Å². The number of hydrogen-bond donors (Lipinski definition) is 0. The minimum Gasteiger partial charge on any atom is -0.336 e. The van der Waals surface area contributed by atoms with Gasteiger partial charge in [0.25, 0.3) is 5.91 Å². The lowest BCUT2D eigenvalue weighted by Gasteiger charge is -2.31. The van der Waals surface area contributed by atoms with Gasteiger partial charge in [-0.25, -0.2) is 0 Å². The van der Waals surface area contributed by atoms with E-state index < -0.39 is 0 Å². The highest BCUT2D eigenvalue weighted by Gasteiger charge is 2.30. The van der Waals surface area contributed by atoms with Crippen LogP contribution in [0.25, 0.3) is 0 Å². The van der Waals surface area contributed by atoms with Crippen molar-refractivity contribution >= 4 is 11.7 Å². The lowest BCUT2D eigenvalue weighted by Crippen LogP contribution is -2.44. The second-order valence-corrected chi connectivity index (χ2v) is 5.26. The van der Waals surface area contributed by atoms with Crippen LogP contribution in [0.1, 0.15) is 49.8 Å². The van der Waals surface area contributed by atoms with Crippen LogP contribution in [0.15, 0.2) is 6.07 Å². The van der Waals surface area contributed by atoms with Gasteiger partial charge in [-0.05, 0) is 25.8 Å². The van der Waals surface area contributed by atoms with Crippen molar-refractivity contribution in [2.24, 2.45) is 5.92 Å². The molecule has 1 aromatic rings. The molecule has 1 unspecified atom stereocenters. The van der Waals surface area contributed by atoms with Gasteiger partial charge < -0.3 is 4.90 Å². The Kier molecular flexibility index (Phi) is 4.57. The number of carbonyl (C=O) groups is 2. The molecule has 1 saturated heterocycles. The SMILES string of the molecule is CCc1cc(C(=O)N2CCC(=O)C(CC)C2)n(CC)n1. The van der Waals surface area contributed by atoms with Gasteiger partial charge in [0, 0.05) is 32.0 Å². The van der Waals surface area contributed by atoms with Gasteiger partial charge in [0.1, 0.15) is 11.5 Å². The summed E-state index contributed by atoms with van der Waals surface area (Å²) in [4.78, 5) is 26.2. The van der Waals surface area contributed by atoms with Crippen molar-refractivity contribution in [1.29, 1.82) is 0 Å². The van der Waals surface area contributed by atoms with Crippen molar-refractivity contribution in [1.82, 2.24) is 14.7 Å². The molecule has 0 radical (unpaired) electrons. The maximum absolute atomic E-state index is 12.6. The Labute approximate surface area is 119 Å². The summed E-state index contributed by atoms with van der Waals surface area (Å²) in [7, 11) is 0. The number of piperidine rings is 1. The largest absolute Gasteiger partial charge is 0.336 e. The monoisotopic (exact) mass is 277 g/mol. The van der Waals surface area contributed by atoms with Crippen molar-refractivity contribution in [3.63, 3.8) is 0 Å². The lowest BCUT2D eigenvalue weighted by molar-refractivity contribution is -0.125. The van der Waals surface area contributed by atoms with E-state index in [1.807, 2.05) is 26.8 Å². The van der Waals surface area contributed by atoms with Gasteiger partial charge >= 0.3 is 0 Å². The van der Waals surface area contributed by atoms with Crippen LogP contribution in [-0.4, -0.2) is 39.5 Å². The fraction of sp³-hybridized carbons (Fsp3) is 0.667. The molecule has 5 nitrogen and oxygen atoms in total. The second-order valence-electron chi connectivity index (χ2n) is 5.26. The molecule has 1 aromatic heterocycles. The number of likely N-dealkylation sites (tertiary alicyclic amines) is 1. The minimum absolute atomic E-state index is 0.00339. The van der Waals surface area contributed by atoms with E-state index in [0.717, 1.165) is 18.5 Å². The molecule has 0 bridgehead atoms. The average molecular weight is 277 g/mol. The molecule has 1 atom stereocenters. The summed E-state index contributed by atoms with van der Waals surface area (Å²) in [5.74, 6) is 0.288. The molecule has 0 spiro atoms. The zero-order chi connectivity index (χ0) is 14.7. The van der Waals surface area contributed by atoms with Gasteiger partial charge in [0.05, 0.1) is 5.69 Å². The maximum atomic E-state index is 12.6. The van der Waals surface area contributed by atoms with Crippen molar-refractivity contribution in [3.8, 4) is 0 Å². The molecule has 1 aliphatic rings. The normalized spacial score (nSPS) is 19.4. The topological polar surface area (TPSA) is 55.2 Å². The molecule has 110 valence electrons. The van der Waals surface area contributed by atoms with Crippen LogP contribution in [0, 0.1) is 5.92 Å². The van der Waals surface area contributed by atoms with Crippen LogP contribution in [0.2, 0.25) is 0 Å². The quantitative estimate of drug-likeness (QED) is 0.844. The lowest BCUT2D eigenvalue weighted by atomic mass is 9.94. The maximum Gasteiger partial charge on any atom is 0.272 e. The molecule has 0 aliphatic carbocycles. The Morgan fingerprint density at radius 2 is 2.15 bits per heavy atom. The first-order valence-corrected chi connectivity index (χ1v) is 7.49. The van der Waals surface area contributed by atoms with Crippen LogP contribution in [0.3, 0.4) is 0 Å². The highest BCUT2D eigenvalue weighted by Crippen LogP contribution is 2.19. The Bertz CT molecular complexity index is 507. The third kappa shape index (κ3) is 2.76. The first kappa shape index (κ1) is 14.8. The summed E-state index contributed by atoms with van der Waals surface area (Å²) in [6.45, 7) is 7.78. The minimum atomic E-state index is -0.00339. The number of Topliss-reactive ketones (excluding diaryl/α,β-unsaturated/α-hetero) is 1. The van der Waals surface area contributed by atoms with Crippen molar-refractivity contribution < 1.29 is 9.59 Å². The Morgan fingerprint density at radius 1 is 1.40 bits per heavy atom. The first-order chi connectivity index (χ1) is 9.60. The Hall–Kier alpha value is -1.65. The number of amides is 1. The zero-order valence-corrected chi connectivity index (χ0v) is 12.6. The predicted octanol–water partition coefficient (Wildman–Crippen LogP) is 1.91. The molecule has 0 aromatic carbocycles. The van der Waals surface area contributed by atoms with Crippen LogP contribution in [0.4, 0.5) is 0 Å². The molecule has 0 N–H and O–H groups in total. The second kappa shape index (κ2) is 6.20. The van der Waals surface area contributed by atoms with Crippen LogP contribution in [0.5, 0.6) is 0 Å². The third-order valence-corrected chi connectivity index (χ3v) is 4.02. The molecule has 1 amide bonds. The van der Waals surface area contributed by atoms with Gasteiger partial charge in [-0.2, -0.15) is 5.10 Å². The molecule has 2 heterocycles. The summed E-state index contributed by atoms with van der Waals surface area (Å²) in [6, 6.07) is 1.88. The molecule has 2 rings (SSSR count). The van der Waals surface area contributed by atoms with E-state index in [0.29, 0.717) is 31.7 Å². The standard InChI is InChI=1S/C15H23N3O2/c1-4-11-10-17(8-7-14(11)19)15(20)13-9-12(5-2)16-18(13)6-3/h9,11H,4-8,10H2,1-3H3. The summed E-state index contributed by atoms with van der Waals surface area (Å²) < 4.78 is 1.76. The van der Waals surface area contributed by atoms with Crippen LogP contribution >= 0.6 is 0 Å². The predicted molar refractivity (Wildman–Crippen MR) is 76.6 cm³/mol. The summed E-state index contributed by atoms with van der Waals surface area (Å²) in [5.41, 5.74) is 1.59. The third-order valence-electron chi connectivity index (χ3n) is 4.02. The Balaban J connectivity index is 2.18. The Morgan fingerprint density at radius 3 is 2.75 bits per heavy atom. The highest BCUT2D eigenvalue weighted by atomic mass is 16.2. The molecule has 1 aliphatic heterocycles. The van der Waals surface area contributed by atoms with E-state index in [1.54, 1.807) is 9.58 Å². The van der Waals surface area contributed by atoms with Gasteiger partial charge in [0.15, 0.2) is 0 Å². The van der Waals surface area contributed by atoms with Gasteiger partial charge in [-0.1, -0.05) is 13.8 Å². The molecular weight excluding hydrogens is 254 g/mol. The van der Waals surface area contributed by atoms with Gasteiger partial charge in [-0.15, -0.1) is 0 Å². The zero-order valence-electron chi connectivity index (χ0n) is 12.6. The molecule has 1 fully saturated rings. The number of carbonyl (C=O) groups excluding carboxylic acids is 2. The summed E-state index contributed by atoms with van der Waals surface area (Å²) in [6.07, 6.45) is 2.10. The molecule has 20 heavy (non-hydrogen) atoms. The summed E-state index contributed by atoms with van der Waals surface area (Å²) >= 11 is 0. The van der Waals surface area contributed by atoms with Crippen molar-refractivity contribution in [3.05, 3.63) is 17.5 Å². The number of aromatic nitrogens is 2. The number of nitrogens with zero attached hydrogens (tertiary/aromatic N) is 3. The molecular formula is C15H23N3O2. The van der Waals surface area contributed by atoms with Crippen LogP contribution < -0.4 is 0 Å². The van der Waals surface area contributed by atoms with E-state index >= 15 is 0 Å². The fourth-order valence-corrected chi connectivity index (χ4v) is 2.67. The molecule has 5 heteroatoms. The van der Waals surface area contributed by atoms with E-state index in [2.05, 4.69) is 5.10 Å². The number of ketones is 1. The highest BCUT2D eigenvalue weighted by molar-refractivity contribution is 5.94. The molecule has 0 saturated carbocycles. The van der Waals surface area contributed by atoms with E-state index in [4.69, 9.17) is 0 Å². The van der Waals surface area contributed by atoms with Gasteiger partial charge in [0.2, 0.25) is 0 Å². The van der Waals surface area contributed by atoms with E-state index in [1.165, 1.54) is 0 Å². The number of aryl methyl sites for hydroxylation is 2. The summed E-state index contributed by atoms with van der Waals surface area (Å²) in [5, 5.41) is 4.42. The van der Waals surface area contributed by atoms with Crippen LogP contribution in [-0.2, 0) is 17.8 Å². The van der Waals surface area contributed by atoms with E-state index in [9.17, 15) is 9.59 Å². The first-order valence-electron chi connectivity index (χ1n) is 7.49. The smallest absolute Gasteiger partial charge is 0.272 e. The van der Waals surface area contributed by atoms with Crippen molar-refractivity contribution in [2.75, 3.05) is 13.1 Å². The fourth-order valence-electron chi connectivity index (χ4n) is 2.67. The van der Waals surface area contributed by atoms with E-state index in [-0.39, 0.29) is 17.6 Å². The number of rotatable bonds is 4. The van der Waals surface area contributed by atoms with Crippen molar-refractivity contribution in [2.45, 2.75) is 46.6 Å². The average Bonchev–Trinajstić information content (AvgIpc) is 2.90.